The van der Waals surface area contributed by atoms with Gasteiger partial charge in [-0.25, -0.2) is 0 Å². The zero-order valence-electron chi connectivity index (χ0n) is 7.81. The van der Waals surface area contributed by atoms with Crippen LogP contribution in [0.5, 0.6) is 0 Å². The minimum atomic E-state index is 0.755. The molecular weight excluding hydrogens is 182 g/mol. The number of hydrogen-bond acceptors (Lipinski definition) is 1. The van der Waals surface area contributed by atoms with Crippen LogP contribution in [0.25, 0.3) is 0 Å². The van der Waals surface area contributed by atoms with E-state index in [1.54, 1.807) is 0 Å². The molecule has 1 nitrogen and oxygen atoms in total. The summed E-state index contributed by atoms with van der Waals surface area (Å²) in [4.78, 5) is 0. The van der Waals surface area contributed by atoms with Gasteiger partial charge in [0.15, 0.2) is 0 Å². The van der Waals surface area contributed by atoms with Gasteiger partial charge < -0.3 is 5.41 Å². The molecule has 0 spiro atoms. The van der Waals surface area contributed by atoms with Gasteiger partial charge in [-0.05, 0) is 24.1 Å². The second kappa shape index (κ2) is 5.03. The molecule has 1 N–H and O–H groups in total. The van der Waals surface area contributed by atoms with E-state index in [-0.39, 0.29) is 0 Å². The molecule has 0 aliphatic carbocycles. The van der Waals surface area contributed by atoms with E-state index in [2.05, 4.69) is 6.92 Å². The molecule has 0 amide bonds. The van der Waals surface area contributed by atoms with E-state index >= 15 is 0 Å². The van der Waals surface area contributed by atoms with Crippen molar-refractivity contribution in [2.75, 3.05) is 0 Å². The molecule has 0 aliphatic rings. The minimum absolute atomic E-state index is 0.755. The van der Waals surface area contributed by atoms with Crippen molar-refractivity contribution in [2.24, 2.45) is 0 Å². The highest BCUT2D eigenvalue weighted by Gasteiger charge is 1.98. The van der Waals surface area contributed by atoms with Crippen LogP contribution >= 0.6 is 11.6 Å². The van der Waals surface area contributed by atoms with Crippen molar-refractivity contribution in [3.63, 3.8) is 0 Å². The predicted molar refractivity (Wildman–Crippen MR) is 57.8 cm³/mol. The maximum absolute atomic E-state index is 7.65. The van der Waals surface area contributed by atoms with Crippen molar-refractivity contribution < 1.29 is 0 Å². The summed E-state index contributed by atoms with van der Waals surface area (Å²) >= 11 is 5.76. The average Bonchev–Trinajstić information content (AvgIpc) is 2.09. The van der Waals surface area contributed by atoms with Crippen LogP contribution in [0.1, 0.15) is 25.3 Å². The molecule has 0 saturated heterocycles. The van der Waals surface area contributed by atoms with Crippen molar-refractivity contribution in [1.82, 2.24) is 0 Å². The Labute approximate surface area is 84.2 Å². The SMILES string of the molecule is CCCC(=N)Cc1ccc(Cl)cc1. The molecule has 0 saturated carbocycles. The Morgan fingerprint density at radius 2 is 1.92 bits per heavy atom. The Balaban J connectivity index is 2.54. The number of hydrogen-bond donors (Lipinski definition) is 1. The molecule has 0 heterocycles. The van der Waals surface area contributed by atoms with Crippen LogP contribution in [-0.2, 0) is 6.42 Å². The van der Waals surface area contributed by atoms with E-state index in [1.165, 1.54) is 5.56 Å². The van der Waals surface area contributed by atoms with Crippen LogP contribution in [-0.4, -0.2) is 5.71 Å². The summed E-state index contributed by atoms with van der Waals surface area (Å²) < 4.78 is 0. The largest absolute Gasteiger partial charge is 0.309 e. The quantitative estimate of drug-likeness (QED) is 0.709. The third-order valence-corrected chi connectivity index (χ3v) is 2.13. The summed E-state index contributed by atoms with van der Waals surface area (Å²) in [6.45, 7) is 2.09. The van der Waals surface area contributed by atoms with Crippen molar-refractivity contribution in [1.29, 1.82) is 5.41 Å². The first-order valence-electron chi connectivity index (χ1n) is 4.53. The molecule has 1 rings (SSSR count). The fourth-order valence-corrected chi connectivity index (χ4v) is 1.36. The monoisotopic (exact) mass is 195 g/mol. The van der Waals surface area contributed by atoms with E-state index < -0.39 is 0 Å². The van der Waals surface area contributed by atoms with Gasteiger partial charge in [-0.1, -0.05) is 37.1 Å². The number of benzene rings is 1. The molecule has 2 heteroatoms. The van der Waals surface area contributed by atoms with E-state index in [0.29, 0.717) is 0 Å². The number of nitrogens with one attached hydrogen (secondary N) is 1. The lowest BCUT2D eigenvalue weighted by molar-refractivity contribution is 0.965. The Bertz CT molecular complexity index is 277. The summed E-state index contributed by atoms with van der Waals surface area (Å²) in [6, 6.07) is 7.70. The van der Waals surface area contributed by atoms with Gasteiger partial charge in [-0.2, -0.15) is 0 Å². The first kappa shape index (κ1) is 10.3. The summed E-state index contributed by atoms with van der Waals surface area (Å²) in [5, 5.41) is 8.40. The summed E-state index contributed by atoms with van der Waals surface area (Å²) in [5.74, 6) is 0. The Kier molecular flexibility index (Phi) is 3.97. The maximum Gasteiger partial charge on any atom is 0.0406 e. The van der Waals surface area contributed by atoms with Crippen LogP contribution < -0.4 is 0 Å². The first-order chi connectivity index (χ1) is 6.22. The fraction of sp³-hybridized carbons (Fsp3) is 0.364. The molecule has 0 aromatic heterocycles. The maximum atomic E-state index is 7.65. The van der Waals surface area contributed by atoms with E-state index in [0.717, 1.165) is 30.0 Å². The summed E-state index contributed by atoms with van der Waals surface area (Å²) in [6.07, 6.45) is 2.69. The van der Waals surface area contributed by atoms with Crippen LogP contribution in [0.4, 0.5) is 0 Å². The molecular formula is C11H14ClN. The number of rotatable bonds is 4. The summed E-state index contributed by atoms with van der Waals surface area (Å²) in [5.41, 5.74) is 1.97. The van der Waals surface area contributed by atoms with Crippen LogP contribution in [0.2, 0.25) is 5.02 Å². The van der Waals surface area contributed by atoms with Crippen molar-refractivity contribution in [3.8, 4) is 0 Å². The molecule has 13 heavy (non-hydrogen) atoms. The summed E-state index contributed by atoms with van der Waals surface area (Å²) in [7, 11) is 0. The molecule has 0 unspecified atom stereocenters. The standard InChI is InChI=1S/C11H14ClN/c1-2-3-11(13)8-9-4-6-10(12)7-5-9/h4-7,13H,2-3,8H2,1H3. The van der Waals surface area contributed by atoms with Crippen LogP contribution in [0.3, 0.4) is 0 Å². The highest BCUT2D eigenvalue weighted by atomic mass is 35.5. The highest BCUT2D eigenvalue weighted by molar-refractivity contribution is 6.30. The molecule has 0 bridgehead atoms. The second-order valence-electron chi connectivity index (χ2n) is 3.16. The fourth-order valence-electron chi connectivity index (χ4n) is 1.24. The van der Waals surface area contributed by atoms with Crippen molar-refractivity contribution >= 4 is 17.3 Å². The van der Waals surface area contributed by atoms with Gasteiger partial charge in [0.25, 0.3) is 0 Å². The van der Waals surface area contributed by atoms with Gasteiger partial charge in [-0.15, -0.1) is 0 Å². The van der Waals surface area contributed by atoms with E-state index in [4.69, 9.17) is 17.0 Å². The lowest BCUT2D eigenvalue weighted by atomic mass is 10.1. The molecule has 0 radical (unpaired) electrons. The first-order valence-corrected chi connectivity index (χ1v) is 4.91. The van der Waals surface area contributed by atoms with Gasteiger partial charge in [-0.3, -0.25) is 0 Å². The molecule has 1 aromatic rings. The topological polar surface area (TPSA) is 23.9 Å². The molecule has 0 atom stereocenters. The highest BCUT2D eigenvalue weighted by Crippen LogP contribution is 2.10. The van der Waals surface area contributed by atoms with E-state index in [1.807, 2.05) is 24.3 Å². The van der Waals surface area contributed by atoms with Crippen molar-refractivity contribution in [2.45, 2.75) is 26.2 Å². The Morgan fingerprint density at radius 1 is 1.31 bits per heavy atom. The molecule has 0 aliphatic heterocycles. The average molecular weight is 196 g/mol. The van der Waals surface area contributed by atoms with Gasteiger partial charge in [0, 0.05) is 17.2 Å². The predicted octanol–water partition coefficient (Wildman–Crippen LogP) is 3.70. The van der Waals surface area contributed by atoms with Gasteiger partial charge in [0.2, 0.25) is 0 Å². The molecule has 70 valence electrons. The van der Waals surface area contributed by atoms with Crippen LogP contribution in [0.15, 0.2) is 24.3 Å². The van der Waals surface area contributed by atoms with Crippen LogP contribution in [0, 0.1) is 5.41 Å². The lowest BCUT2D eigenvalue weighted by Gasteiger charge is -2.02. The normalized spacial score (nSPS) is 10.0. The zero-order chi connectivity index (χ0) is 9.68. The Hall–Kier alpha value is -0.820. The van der Waals surface area contributed by atoms with Gasteiger partial charge in [0.05, 0.1) is 0 Å². The van der Waals surface area contributed by atoms with Crippen molar-refractivity contribution in [3.05, 3.63) is 34.9 Å². The molecule has 1 aromatic carbocycles. The number of halogens is 1. The third kappa shape index (κ3) is 3.60. The van der Waals surface area contributed by atoms with Gasteiger partial charge in [0.1, 0.15) is 0 Å². The molecule has 0 fully saturated rings. The third-order valence-electron chi connectivity index (χ3n) is 1.88. The zero-order valence-corrected chi connectivity index (χ0v) is 8.56. The van der Waals surface area contributed by atoms with Gasteiger partial charge >= 0.3 is 0 Å². The second-order valence-corrected chi connectivity index (χ2v) is 3.59. The lowest BCUT2D eigenvalue weighted by Crippen LogP contribution is -2.00. The minimum Gasteiger partial charge on any atom is -0.309 e. The Morgan fingerprint density at radius 3 is 2.46 bits per heavy atom. The van der Waals surface area contributed by atoms with E-state index in [9.17, 15) is 0 Å². The smallest absolute Gasteiger partial charge is 0.0406 e.